The number of aryl methyl sites for hydroxylation is 1. The molecule has 0 spiro atoms. The Balaban J connectivity index is 1.71. The molecule has 0 radical (unpaired) electrons. The van der Waals surface area contributed by atoms with Crippen molar-refractivity contribution in [2.24, 2.45) is 7.05 Å². The Bertz CT molecular complexity index is 684. The summed E-state index contributed by atoms with van der Waals surface area (Å²) in [5.41, 5.74) is 1.62. The number of fused-ring (bicyclic) bond motifs is 1. The maximum atomic E-state index is 12.3. The lowest BCUT2D eigenvalue weighted by molar-refractivity contribution is -0.129. The zero-order chi connectivity index (χ0) is 14.8. The van der Waals surface area contributed by atoms with Crippen molar-refractivity contribution < 1.29 is 9.59 Å². The predicted molar refractivity (Wildman–Crippen MR) is 81.1 cm³/mol. The molecule has 2 heterocycles. The zero-order valence-corrected chi connectivity index (χ0v) is 12.1. The SMILES string of the molecule is Cn1ccc2c(C(=O)NCC(=O)N3CCCC3)cccc21. The Morgan fingerprint density at radius 1 is 1.19 bits per heavy atom. The monoisotopic (exact) mass is 285 g/mol. The third-order valence-electron chi connectivity index (χ3n) is 4.03. The van der Waals surface area contributed by atoms with Crippen LogP contribution in [0.5, 0.6) is 0 Å². The first-order chi connectivity index (χ1) is 10.2. The lowest BCUT2D eigenvalue weighted by atomic mass is 10.1. The number of benzene rings is 1. The molecule has 0 saturated carbocycles. The topological polar surface area (TPSA) is 54.3 Å². The van der Waals surface area contributed by atoms with E-state index >= 15 is 0 Å². The van der Waals surface area contributed by atoms with Gasteiger partial charge in [-0.15, -0.1) is 0 Å². The number of aromatic nitrogens is 1. The highest BCUT2D eigenvalue weighted by Gasteiger charge is 2.19. The fourth-order valence-electron chi connectivity index (χ4n) is 2.83. The Hall–Kier alpha value is -2.30. The van der Waals surface area contributed by atoms with Crippen LogP contribution < -0.4 is 5.32 Å². The first-order valence-electron chi connectivity index (χ1n) is 7.27. The van der Waals surface area contributed by atoms with E-state index in [9.17, 15) is 9.59 Å². The molecular weight excluding hydrogens is 266 g/mol. The molecule has 1 aliphatic rings. The Morgan fingerprint density at radius 2 is 1.95 bits per heavy atom. The van der Waals surface area contributed by atoms with Crippen molar-refractivity contribution in [2.45, 2.75) is 12.8 Å². The summed E-state index contributed by atoms with van der Waals surface area (Å²) in [6.45, 7) is 1.69. The van der Waals surface area contributed by atoms with E-state index in [1.165, 1.54) is 0 Å². The normalized spacial score (nSPS) is 14.6. The summed E-state index contributed by atoms with van der Waals surface area (Å²) in [5, 5.41) is 3.65. The van der Waals surface area contributed by atoms with Crippen molar-refractivity contribution in [3.63, 3.8) is 0 Å². The second-order valence-electron chi connectivity index (χ2n) is 5.44. The van der Waals surface area contributed by atoms with Gasteiger partial charge in [0.15, 0.2) is 0 Å². The average Bonchev–Trinajstić information content (AvgIpc) is 3.14. The van der Waals surface area contributed by atoms with Crippen LogP contribution in [-0.4, -0.2) is 40.9 Å². The molecule has 1 aromatic heterocycles. The number of amides is 2. The number of likely N-dealkylation sites (tertiary alicyclic amines) is 1. The van der Waals surface area contributed by atoms with E-state index in [1.54, 1.807) is 6.07 Å². The van der Waals surface area contributed by atoms with Crippen LogP contribution in [0, 0.1) is 0 Å². The van der Waals surface area contributed by atoms with Gasteiger partial charge >= 0.3 is 0 Å². The summed E-state index contributed by atoms with van der Waals surface area (Å²) in [7, 11) is 1.95. The second-order valence-corrected chi connectivity index (χ2v) is 5.44. The minimum Gasteiger partial charge on any atom is -0.351 e. The zero-order valence-electron chi connectivity index (χ0n) is 12.1. The molecule has 3 rings (SSSR count). The van der Waals surface area contributed by atoms with Gasteiger partial charge in [0.1, 0.15) is 0 Å². The highest BCUT2D eigenvalue weighted by atomic mass is 16.2. The molecule has 1 aliphatic heterocycles. The molecule has 5 nitrogen and oxygen atoms in total. The molecule has 0 aliphatic carbocycles. The first kappa shape index (κ1) is 13.7. The molecule has 0 atom stereocenters. The van der Waals surface area contributed by atoms with Gasteiger partial charge in [-0.2, -0.15) is 0 Å². The van der Waals surface area contributed by atoms with Crippen molar-refractivity contribution >= 4 is 22.7 Å². The number of rotatable bonds is 3. The smallest absolute Gasteiger partial charge is 0.252 e. The van der Waals surface area contributed by atoms with Gasteiger partial charge in [-0.3, -0.25) is 9.59 Å². The summed E-state index contributed by atoms with van der Waals surface area (Å²) in [6.07, 6.45) is 4.04. The van der Waals surface area contributed by atoms with Gasteiger partial charge in [-0.05, 0) is 31.0 Å². The molecule has 0 bridgehead atoms. The molecule has 110 valence electrons. The Kier molecular flexibility index (Phi) is 3.64. The fourth-order valence-corrected chi connectivity index (χ4v) is 2.83. The van der Waals surface area contributed by atoms with Gasteiger partial charge in [0.05, 0.1) is 6.54 Å². The number of hydrogen-bond donors (Lipinski definition) is 1. The molecule has 0 unspecified atom stereocenters. The molecule has 21 heavy (non-hydrogen) atoms. The van der Waals surface area contributed by atoms with Gasteiger partial charge in [-0.25, -0.2) is 0 Å². The lowest BCUT2D eigenvalue weighted by Crippen LogP contribution is -2.38. The number of carbonyl (C=O) groups is 2. The fraction of sp³-hybridized carbons (Fsp3) is 0.375. The van der Waals surface area contributed by atoms with Gasteiger partial charge in [0.25, 0.3) is 5.91 Å². The average molecular weight is 285 g/mol. The molecular formula is C16H19N3O2. The molecule has 5 heteroatoms. The van der Waals surface area contributed by atoms with E-state index in [0.29, 0.717) is 5.56 Å². The van der Waals surface area contributed by atoms with Crippen LogP contribution in [0.1, 0.15) is 23.2 Å². The van der Waals surface area contributed by atoms with Crippen molar-refractivity contribution in [3.8, 4) is 0 Å². The van der Waals surface area contributed by atoms with Crippen molar-refractivity contribution in [1.82, 2.24) is 14.8 Å². The van der Waals surface area contributed by atoms with E-state index in [0.717, 1.165) is 36.8 Å². The standard InChI is InChI=1S/C16H19N3O2/c1-18-10-7-12-13(5-4-6-14(12)18)16(21)17-11-15(20)19-8-2-3-9-19/h4-7,10H,2-3,8-9,11H2,1H3,(H,17,21). The number of hydrogen-bond acceptors (Lipinski definition) is 2. The summed E-state index contributed by atoms with van der Waals surface area (Å²) >= 11 is 0. The van der Waals surface area contributed by atoms with Crippen LogP contribution in [0.2, 0.25) is 0 Å². The van der Waals surface area contributed by atoms with Gasteiger partial charge < -0.3 is 14.8 Å². The van der Waals surface area contributed by atoms with Crippen molar-refractivity contribution in [1.29, 1.82) is 0 Å². The highest BCUT2D eigenvalue weighted by molar-refractivity contribution is 6.07. The highest BCUT2D eigenvalue weighted by Crippen LogP contribution is 2.19. The minimum absolute atomic E-state index is 0.00101. The summed E-state index contributed by atoms with van der Waals surface area (Å²) < 4.78 is 1.97. The predicted octanol–water partition coefficient (Wildman–Crippen LogP) is 1.53. The van der Waals surface area contributed by atoms with E-state index < -0.39 is 0 Å². The molecule has 1 fully saturated rings. The molecule has 2 aromatic rings. The van der Waals surface area contributed by atoms with Crippen LogP contribution in [0.15, 0.2) is 30.5 Å². The van der Waals surface area contributed by atoms with Crippen LogP contribution in [0.25, 0.3) is 10.9 Å². The van der Waals surface area contributed by atoms with Crippen LogP contribution in [0.3, 0.4) is 0 Å². The van der Waals surface area contributed by atoms with Crippen LogP contribution in [-0.2, 0) is 11.8 Å². The maximum Gasteiger partial charge on any atom is 0.252 e. The molecule has 1 aromatic carbocycles. The largest absolute Gasteiger partial charge is 0.351 e. The van der Waals surface area contributed by atoms with Gasteiger partial charge in [-0.1, -0.05) is 6.07 Å². The third kappa shape index (κ3) is 2.63. The van der Waals surface area contributed by atoms with Gasteiger partial charge in [0.2, 0.25) is 5.91 Å². The van der Waals surface area contributed by atoms with Crippen molar-refractivity contribution in [3.05, 3.63) is 36.0 Å². The summed E-state index contributed by atoms with van der Waals surface area (Å²) in [4.78, 5) is 26.1. The molecule has 2 amide bonds. The van der Waals surface area contributed by atoms with Gasteiger partial charge in [0, 0.05) is 42.8 Å². The lowest BCUT2D eigenvalue weighted by Gasteiger charge is -2.15. The van der Waals surface area contributed by atoms with Crippen LogP contribution in [0.4, 0.5) is 0 Å². The number of nitrogens with zero attached hydrogens (tertiary/aromatic N) is 2. The van der Waals surface area contributed by atoms with E-state index in [2.05, 4.69) is 5.32 Å². The Morgan fingerprint density at radius 3 is 2.71 bits per heavy atom. The third-order valence-corrected chi connectivity index (χ3v) is 4.03. The minimum atomic E-state index is -0.195. The Labute approximate surface area is 123 Å². The van der Waals surface area contributed by atoms with Crippen LogP contribution >= 0.6 is 0 Å². The number of nitrogens with one attached hydrogen (secondary N) is 1. The van der Waals surface area contributed by atoms with E-state index in [-0.39, 0.29) is 18.4 Å². The second kappa shape index (κ2) is 5.60. The van der Waals surface area contributed by atoms with E-state index in [1.807, 2.05) is 40.9 Å². The van der Waals surface area contributed by atoms with Crippen molar-refractivity contribution in [2.75, 3.05) is 19.6 Å². The van der Waals surface area contributed by atoms with E-state index in [4.69, 9.17) is 0 Å². The maximum absolute atomic E-state index is 12.3. The number of carbonyl (C=O) groups excluding carboxylic acids is 2. The summed E-state index contributed by atoms with van der Waals surface area (Å²) in [5.74, 6) is -0.194. The molecule has 1 N–H and O–H groups in total. The summed E-state index contributed by atoms with van der Waals surface area (Å²) in [6, 6.07) is 7.55. The quantitative estimate of drug-likeness (QED) is 0.930. The first-order valence-corrected chi connectivity index (χ1v) is 7.27. The molecule has 1 saturated heterocycles.